The summed E-state index contributed by atoms with van der Waals surface area (Å²) in [6, 6.07) is 5.33. The van der Waals surface area contributed by atoms with Crippen LogP contribution in [0.4, 0.5) is 5.69 Å². The van der Waals surface area contributed by atoms with Crippen LogP contribution in [0.3, 0.4) is 0 Å². The van der Waals surface area contributed by atoms with E-state index in [-0.39, 0.29) is 12.5 Å². The van der Waals surface area contributed by atoms with E-state index in [4.69, 9.17) is 11.6 Å². The van der Waals surface area contributed by atoms with Crippen molar-refractivity contribution in [2.24, 2.45) is 0 Å². The van der Waals surface area contributed by atoms with E-state index in [1.54, 1.807) is 24.3 Å². The first-order valence-corrected chi connectivity index (χ1v) is 6.15. The van der Waals surface area contributed by atoms with Crippen LogP contribution in [0.15, 0.2) is 30.9 Å². The summed E-state index contributed by atoms with van der Waals surface area (Å²) in [5, 5.41) is 6.38. The molecule has 0 radical (unpaired) electrons. The number of carbonyl (C=O) groups is 1. The van der Waals surface area contributed by atoms with Crippen LogP contribution in [0.1, 0.15) is 0 Å². The van der Waals surface area contributed by atoms with Crippen molar-refractivity contribution in [1.29, 1.82) is 0 Å². The van der Waals surface area contributed by atoms with Crippen LogP contribution in [0.2, 0.25) is 5.02 Å². The van der Waals surface area contributed by atoms with Gasteiger partial charge in [0.15, 0.2) is 0 Å². The van der Waals surface area contributed by atoms with E-state index in [9.17, 15) is 4.79 Å². The Kier molecular flexibility index (Phi) is 5.79. The molecule has 0 fully saturated rings. The topological polar surface area (TPSA) is 41.1 Å². The van der Waals surface area contributed by atoms with Crippen molar-refractivity contribution in [2.75, 3.05) is 18.4 Å². The first-order chi connectivity index (χ1) is 7.63. The largest absolute Gasteiger partial charge is 0.324 e. The lowest BCUT2D eigenvalue weighted by Gasteiger charge is -2.07. The summed E-state index contributed by atoms with van der Waals surface area (Å²) in [6.07, 6.45) is 1.71. The minimum absolute atomic E-state index is 0.0814. The van der Waals surface area contributed by atoms with Gasteiger partial charge >= 0.3 is 0 Å². The van der Waals surface area contributed by atoms with Crippen LogP contribution in [0.25, 0.3) is 0 Å². The number of nitrogens with one attached hydrogen (secondary N) is 2. The predicted octanol–water partition coefficient (Wildman–Crippen LogP) is 2.66. The van der Waals surface area contributed by atoms with Crippen molar-refractivity contribution in [2.45, 2.75) is 0 Å². The Morgan fingerprint density at radius 3 is 2.94 bits per heavy atom. The Morgan fingerprint density at radius 1 is 1.56 bits per heavy atom. The van der Waals surface area contributed by atoms with Gasteiger partial charge in [-0.1, -0.05) is 17.7 Å². The molecule has 2 N–H and O–H groups in total. The Labute approximate surface area is 113 Å². The highest BCUT2D eigenvalue weighted by Gasteiger charge is 2.04. The SMILES string of the molecule is C=CCNCC(=O)Nc1ccc(Cl)cc1I. The Balaban J connectivity index is 2.52. The van der Waals surface area contributed by atoms with Gasteiger partial charge in [0, 0.05) is 15.1 Å². The number of halogens is 2. The van der Waals surface area contributed by atoms with Crippen molar-refractivity contribution in [3.05, 3.63) is 39.4 Å². The zero-order chi connectivity index (χ0) is 12.0. The maximum Gasteiger partial charge on any atom is 0.238 e. The Hall–Kier alpha value is -0.590. The summed E-state index contributed by atoms with van der Waals surface area (Å²) >= 11 is 7.94. The molecule has 0 unspecified atom stereocenters. The molecule has 0 saturated carbocycles. The van der Waals surface area contributed by atoms with E-state index in [1.165, 1.54) is 0 Å². The minimum atomic E-state index is -0.0814. The smallest absolute Gasteiger partial charge is 0.238 e. The predicted molar refractivity (Wildman–Crippen MR) is 75.9 cm³/mol. The fourth-order valence-corrected chi connectivity index (χ4v) is 2.08. The lowest BCUT2D eigenvalue weighted by atomic mass is 10.3. The van der Waals surface area contributed by atoms with Crippen molar-refractivity contribution in [3.8, 4) is 0 Å². The maximum atomic E-state index is 11.5. The molecule has 0 spiro atoms. The number of anilines is 1. The molecular formula is C11H12ClIN2O. The summed E-state index contributed by atoms with van der Waals surface area (Å²) in [5.74, 6) is -0.0814. The van der Waals surface area contributed by atoms with Crippen molar-refractivity contribution in [3.63, 3.8) is 0 Å². The Bertz CT molecular complexity index is 396. The van der Waals surface area contributed by atoms with Crippen LogP contribution in [0.5, 0.6) is 0 Å². The summed E-state index contributed by atoms with van der Waals surface area (Å²) in [7, 11) is 0. The molecule has 0 aliphatic rings. The van der Waals surface area contributed by atoms with Gasteiger partial charge in [-0.15, -0.1) is 6.58 Å². The number of amides is 1. The second-order valence-corrected chi connectivity index (χ2v) is 4.69. The molecule has 0 aliphatic carbocycles. The van der Waals surface area contributed by atoms with Gasteiger partial charge in [-0.05, 0) is 40.8 Å². The average Bonchev–Trinajstić information content (AvgIpc) is 2.23. The van der Waals surface area contributed by atoms with Gasteiger partial charge in [-0.3, -0.25) is 4.79 Å². The van der Waals surface area contributed by atoms with Gasteiger partial charge in [0.1, 0.15) is 0 Å². The Morgan fingerprint density at radius 2 is 2.31 bits per heavy atom. The van der Waals surface area contributed by atoms with E-state index in [0.717, 1.165) is 9.26 Å². The summed E-state index contributed by atoms with van der Waals surface area (Å²) < 4.78 is 0.919. The van der Waals surface area contributed by atoms with Crippen molar-refractivity contribution >= 4 is 45.8 Å². The molecule has 1 aromatic rings. The molecule has 0 heterocycles. The molecule has 0 atom stereocenters. The first kappa shape index (κ1) is 13.5. The fourth-order valence-electron chi connectivity index (χ4n) is 1.07. The zero-order valence-electron chi connectivity index (χ0n) is 8.59. The van der Waals surface area contributed by atoms with Gasteiger partial charge in [0.2, 0.25) is 5.91 Å². The molecule has 0 bridgehead atoms. The van der Waals surface area contributed by atoms with Crippen LogP contribution in [-0.2, 0) is 4.79 Å². The van der Waals surface area contributed by atoms with E-state index >= 15 is 0 Å². The number of rotatable bonds is 5. The second kappa shape index (κ2) is 6.88. The van der Waals surface area contributed by atoms with E-state index in [1.807, 2.05) is 0 Å². The van der Waals surface area contributed by atoms with Crippen LogP contribution in [-0.4, -0.2) is 19.0 Å². The molecule has 1 rings (SSSR count). The lowest BCUT2D eigenvalue weighted by Crippen LogP contribution is -2.28. The summed E-state index contributed by atoms with van der Waals surface area (Å²) in [4.78, 5) is 11.5. The lowest BCUT2D eigenvalue weighted by molar-refractivity contribution is -0.115. The molecule has 3 nitrogen and oxygen atoms in total. The molecule has 0 saturated heterocycles. The third kappa shape index (κ3) is 4.51. The number of carbonyl (C=O) groups excluding carboxylic acids is 1. The third-order valence-electron chi connectivity index (χ3n) is 1.78. The zero-order valence-corrected chi connectivity index (χ0v) is 11.5. The van der Waals surface area contributed by atoms with Gasteiger partial charge in [-0.25, -0.2) is 0 Å². The molecule has 0 aromatic heterocycles. The molecule has 1 aromatic carbocycles. The second-order valence-electron chi connectivity index (χ2n) is 3.09. The number of benzene rings is 1. The minimum Gasteiger partial charge on any atom is -0.324 e. The maximum absolute atomic E-state index is 11.5. The third-order valence-corrected chi connectivity index (χ3v) is 2.91. The van der Waals surface area contributed by atoms with Gasteiger partial charge in [-0.2, -0.15) is 0 Å². The first-order valence-electron chi connectivity index (χ1n) is 4.70. The number of hydrogen-bond acceptors (Lipinski definition) is 2. The van der Waals surface area contributed by atoms with Crippen LogP contribution in [0, 0.1) is 3.57 Å². The standard InChI is InChI=1S/C11H12ClIN2O/c1-2-5-14-7-11(16)15-10-4-3-8(12)6-9(10)13/h2-4,6,14H,1,5,7H2,(H,15,16). The van der Waals surface area contributed by atoms with Gasteiger partial charge in [0.05, 0.1) is 12.2 Å². The fraction of sp³-hybridized carbons (Fsp3) is 0.182. The van der Waals surface area contributed by atoms with E-state index in [2.05, 4.69) is 39.8 Å². The van der Waals surface area contributed by atoms with Crippen molar-refractivity contribution in [1.82, 2.24) is 5.32 Å². The quantitative estimate of drug-likeness (QED) is 0.487. The highest BCUT2D eigenvalue weighted by Crippen LogP contribution is 2.21. The monoisotopic (exact) mass is 350 g/mol. The molecule has 1 amide bonds. The molecule has 86 valence electrons. The highest BCUT2D eigenvalue weighted by atomic mass is 127. The molecule has 16 heavy (non-hydrogen) atoms. The van der Waals surface area contributed by atoms with Crippen LogP contribution >= 0.6 is 34.2 Å². The van der Waals surface area contributed by atoms with E-state index < -0.39 is 0 Å². The van der Waals surface area contributed by atoms with Crippen LogP contribution < -0.4 is 10.6 Å². The summed E-state index contributed by atoms with van der Waals surface area (Å²) in [6.45, 7) is 4.44. The van der Waals surface area contributed by atoms with E-state index in [0.29, 0.717) is 11.6 Å². The normalized spacial score (nSPS) is 9.88. The molecular weight excluding hydrogens is 338 g/mol. The summed E-state index contributed by atoms with van der Waals surface area (Å²) in [5.41, 5.74) is 0.774. The van der Waals surface area contributed by atoms with Crippen molar-refractivity contribution < 1.29 is 4.79 Å². The molecule has 5 heteroatoms. The average molecular weight is 351 g/mol. The number of hydrogen-bond donors (Lipinski definition) is 2. The van der Waals surface area contributed by atoms with Gasteiger partial charge in [0.25, 0.3) is 0 Å². The van der Waals surface area contributed by atoms with Gasteiger partial charge < -0.3 is 10.6 Å². The molecule has 0 aliphatic heterocycles. The highest BCUT2D eigenvalue weighted by molar-refractivity contribution is 14.1.